The number of aromatic nitrogens is 4. The van der Waals surface area contributed by atoms with Crippen molar-refractivity contribution in [2.75, 3.05) is 37.2 Å². The van der Waals surface area contributed by atoms with Gasteiger partial charge in [0.25, 0.3) is 0 Å². The Labute approximate surface area is 311 Å². The molecule has 0 saturated carbocycles. The zero-order valence-electron chi connectivity index (χ0n) is 30.5. The molecule has 0 bridgehead atoms. The molecule has 0 radical (unpaired) electrons. The van der Waals surface area contributed by atoms with E-state index in [0.717, 1.165) is 24.8 Å². The number of esters is 1. The summed E-state index contributed by atoms with van der Waals surface area (Å²) in [4.78, 5) is 26.1. The summed E-state index contributed by atoms with van der Waals surface area (Å²) in [5.41, 5.74) is 14.8. The minimum absolute atomic E-state index is 0.0990. The summed E-state index contributed by atoms with van der Waals surface area (Å²) in [7, 11) is -3.77. The molecule has 53 heavy (non-hydrogen) atoms. The maximum absolute atomic E-state index is 14.2. The number of carbonyl (C=O) groups excluding carboxylic acids is 1. The van der Waals surface area contributed by atoms with Crippen molar-refractivity contribution in [3.63, 3.8) is 0 Å². The topological polar surface area (TPSA) is 182 Å². The van der Waals surface area contributed by atoms with Crippen LogP contribution >= 0.6 is 7.52 Å². The summed E-state index contributed by atoms with van der Waals surface area (Å²) in [5, 5.41) is 6.08. The smallest absolute Gasteiger partial charge is 0.342 e. The molecule has 2 heterocycles. The van der Waals surface area contributed by atoms with Gasteiger partial charge in [-0.05, 0) is 49.4 Å². The molecule has 1 unspecified atom stereocenters. The van der Waals surface area contributed by atoms with E-state index in [1.807, 2.05) is 68.4 Å². The van der Waals surface area contributed by atoms with Gasteiger partial charge in [-0.15, -0.1) is 6.58 Å². The van der Waals surface area contributed by atoms with Gasteiger partial charge in [0.1, 0.15) is 18.1 Å². The van der Waals surface area contributed by atoms with Gasteiger partial charge in [0.2, 0.25) is 5.95 Å². The highest BCUT2D eigenvalue weighted by Crippen LogP contribution is 2.44. The number of nitrogen functional groups attached to an aromatic ring is 1. The largest absolute Gasteiger partial charge is 0.465 e. The molecule has 0 spiro atoms. The van der Waals surface area contributed by atoms with E-state index in [4.69, 9.17) is 25.5 Å². The van der Waals surface area contributed by atoms with E-state index < -0.39 is 19.5 Å². The molecule has 14 heteroatoms. The molecule has 2 aromatic heterocycles. The van der Waals surface area contributed by atoms with Crippen LogP contribution in [0, 0.1) is 0 Å². The first kappa shape index (κ1) is 40.7. The first-order chi connectivity index (χ1) is 25.7. The SMILES string of the molecule is C=CCNc1nc(N)nc2c1ncn2CCOCP(=O)(N[C@@H](Cc1ccccc1)C(=O)OCCCC)Oc1ccccc1.C[C@@H](N)Cc1ccccc1. The predicted octanol–water partition coefficient (Wildman–Crippen LogP) is 6.37. The van der Waals surface area contributed by atoms with Gasteiger partial charge in [-0.3, -0.25) is 9.36 Å². The van der Waals surface area contributed by atoms with Crippen molar-refractivity contribution in [1.82, 2.24) is 24.6 Å². The lowest BCUT2D eigenvalue weighted by Gasteiger charge is -2.25. The van der Waals surface area contributed by atoms with Gasteiger partial charge in [-0.1, -0.05) is 98.3 Å². The zero-order valence-corrected chi connectivity index (χ0v) is 31.4. The van der Waals surface area contributed by atoms with Crippen LogP contribution in [0.1, 0.15) is 37.8 Å². The van der Waals surface area contributed by atoms with E-state index in [9.17, 15) is 9.36 Å². The first-order valence-electron chi connectivity index (χ1n) is 17.7. The second-order valence-electron chi connectivity index (χ2n) is 12.4. The van der Waals surface area contributed by atoms with Crippen LogP contribution in [-0.2, 0) is 38.2 Å². The quantitative estimate of drug-likeness (QED) is 0.0300. The lowest BCUT2D eigenvalue weighted by Crippen LogP contribution is -2.40. The van der Waals surface area contributed by atoms with Crippen molar-refractivity contribution in [2.45, 2.75) is 58.2 Å². The molecule has 3 aromatic carbocycles. The second kappa shape index (κ2) is 21.5. The Morgan fingerprint density at radius 2 is 1.60 bits per heavy atom. The number of hydrogen-bond acceptors (Lipinski definition) is 11. The minimum Gasteiger partial charge on any atom is -0.465 e. The number of unbranched alkanes of at least 4 members (excludes halogenated alkanes) is 1. The van der Waals surface area contributed by atoms with Crippen molar-refractivity contribution in [2.24, 2.45) is 5.73 Å². The van der Waals surface area contributed by atoms with Gasteiger partial charge in [-0.2, -0.15) is 9.97 Å². The van der Waals surface area contributed by atoms with Gasteiger partial charge in [0, 0.05) is 19.1 Å². The van der Waals surface area contributed by atoms with E-state index in [1.54, 1.807) is 41.2 Å². The third-order valence-electron chi connectivity index (χ3n) is 7.69. The Bertz CT molecular complexity index is 1880. The minimum atomic E-state index is -3.77. The molecular formula is C39H51N8O5P. The number of rotatable bonds is 20. The third kappa shape index (κ3) is 13.8. The Morgan fingerprint density at radius 3 is 2.23 bits per heavy atom. The molecule has 0 amide bonds. The molecule has 6 N–H and O–H groups in total. The van der Waals surface area contributed by atoms with Crippen molar-refractivity contribution < 1.29 is 23.4 Å². The second-order valence-corrected chi connectivity index (χ2v) is 14.4. The monoisotopic (exact) mass is 742 g/mol. The lowest BCUT2D eigenvalue weighted by molar-refractivity contribution is -0.145. The van der Waals surface area contributed by atoms with Crippen LogP contribution in [0.2, 0.25) is 0 Å². The number of fused-ring (bicyclic) bond motifs is 1. The summed E-state index contributed by atoms with van der Waals surface area (Å²) in [6.45, 7) is 8.99. The zero-order chi connectivity index (χ0) is 37.9. The number of anilines is 2. The fraction of sp³-hybridized carbons (Fsp3) is 0.333. The maximum atomic E-state index is 14.2. The van der Waals surface area contributed by atoms with Gasteiger partial charge in [-0.25, -0.2) is 10.1 Å². The Balaban J connectivity index is 0.000000541. The highest BCUT2D eigenvalue weighted by Gasteiger charge is 2.33. The summed E-state index contributed by atoms with van der Waals surface area (Å²) in [6, 6.07) is 27.9. The van der Waals surface area contributed by atoms with E-state index in [0.29, 0.717) is 35.8 Å². The summed E-state index contributed by atoms with van der Waals surface area (Å²) in [5.74, 6) is 0.480. The van der Waals surface area contributed by atoms with Gasteiger partial charge < -0.3 is 35.3 Å². The lowest BCUT2D eigenvalue weighted by atomic mass is 10.1. The molecule has 5 aromatic rings. The molecule has 5 rings (SSSR count). The standard InChI is InChI=1S/C30H38N7O5P.C9H13N/c1-3-5-18-41-29(38)25(20-23-12-8-6-9-13-23)36-43(39,42-24-14-10-7-11-15-24)22-40-19-17-37-21-33-26-27(32-16-4-2)34-30(31)35-28(26)37;1-8(10)7-9-5-3-2-4-6-9/h4,6-15,21,25H,2-3,5,16-20,22H2,1H3,(H,36,39)(H3,31,32,34,35);2-6,8H,7,10H2,1H3/t25-,43?;8-/m01/s1. The molecule has 0 saturated heterocycles. The summed E-state index contributed by atoms with van der Waals surface area (Å²) < 4.78 is 33.4. The molecular weight excluding hydrogens is 691 g/mol. The number of benzene rings is 3. The summed E-state index contributed by atoms with van der Waals surface area (Å²) in [6.07, 6.45) is 5.86. The molecule has 0 aliphatic heterocycles. The van der Waals surface area contributed by atoms with Gasteiger partial charge >= 0.3 is 13.5 Å². The predicted molar refractivity (Wildman–Crippen MR) is 211 cm³/mol. The van der Waals surface area contributed by atoms with Crippen LogP contribution in [0.4, 0.5) is 11.8 Å². The van der Waals surface area contributed by atoms with Crippen LogP contribution in [0.5, 0.6) is 5.75 Å². The van der Waals surface area contributed by atoms with E-state index in [-0.39, 0.29) is 38.0 Å². The maximum Gasteiger partial charge on any atom is 0.342 e. The average Bonchev–Trinajstić information content (AvgIpc) is 3.56. The number of imidazole rings is 1. The van der Waals surface area contributed by atoms with Crippen LogP contribution in [0.25, 0.3) is 11.2 Å². The Morgan fingerprint density at radius 1 is 0.962 bits per heavy atom. The van der Waals surface area contributed by atoms with Crippen LogP contribution in [0.3, 0.4) is 0 Å². The van der Waals surface area contributed by atoms with Crippen LogP contribution in [-0.4, -0.2) is 63.7 Å². The fourth-order valence-electron chi connectivity index (χ4n) is 5.18. The molecule has 13 nitrogen and oxygen atoms in total. The highest BCUT2D eigenvalue weighted by atomic mass is 31.2. The molecule has 282 valence electrons. The van der Waals surface area contributed by atoms with Gasteiger partial charge in [0.15, 0.2) is 17.0 Å². The molecule has 3 atom stereocenters. The normalized spacial score (nSPS) is 13.2. The number of nitrogens with zero attached hydrogens (tertiary/aromatic N) is 4. The van der Waals surface area contributed by atoms with Crippen molar-refractivity contribution >= 4 is 36.4 Å². The number of hydrogen-bond donors (Lipinski definition) is 4. The number of para-hydroxylation sites is 1. The number of nitrogens with two attached hydrogens (primary N) is 2. The molecule has 0 fully saturated rings. The fourth-order valence-corrected chi connectivity index (χ4v) is 6.86. The van der Waals surface area contributed by atoms with Crippen molar-refractivity contribution in [1.29, 1.82) is 0 Å². The molecule has 0 aliphatic rings. The third-order valence-corrected chi connectivity index (χ3v) is 9.42. The number of nitrogens with one attached hydrogen (secondary N) is 2. The van der Waals surface area contributed by atoms with E-state index in [1.165, 1.54) is 5.56 Å². The van der Waals surface area contributed by atoms with Crippen molar-refractivity contribution in [3.05, 3.63) is 121 Å². The van der Waals surface area contributed by atoms with Gasteiger partial charge in [0.05, 0.1) is 19.5 Å². The average molecular weight is 743 g/mol. The first-order valence-corrected chi connectivity index (χ1v) is 19.5. The van der Waals surface area contributed by atoms with E-state index in [2.05, 4.69) is 44.1 Å². The van der Waals surface area contributed by atoms with Crippen LogP contribution in [0.15, 0.2) is 110 Å². The number of ether oxygens (including phenoxy) is 2. The molecule has 0 aliphatic carbocycles. The summed E-state index contributed by atoms with van der Waals surface area (Å²) >= 11 is 0. The van der Waals surface area contributed by atoms with Crippen molar-refractivity contribution in [3.8, 4) is 5.75 Å². The Kier molecular flexibility index (Phi) is 16.5. The van der Waals surface area contributed by atoms with Crippen LogP contribution < -0.4 is 26.4 Å². The highest BCUT2D eigenvalue weighted by molar-refractivity contribution is 7.57. The van der Waals surface area contributed by atoms with E-state index >= 15 is 0 Å². The Hall–Kier alpha value is -5.07. The number of carbonyl (C=O) groups is 1.